The van der Waals surface area contributed by atoms with E-state index in [0.717, 1.165) is 12.0 Å². The minimum absolute atomic E-state index is 0.0292. The number of nitrogens with one attached hydrogen (secondary N) is 2. The van der Waals surface area contributed by atoms with E-state index in [0.29, 0.717) is 31.1 Å². The molecule has 0 radical (unpaired) electrons. The number of methoxy groups -OCH3 is 1. The number of rotatable bonds is 10. The lowest BCUT2D eigenvalue weighted by molar-refractivity contribution is -0.126. The number of aromatic carboxylic acids is 1. The quantitative estimate of drug-likeness (QED) is 0.580. The van der Waals surface area contributed by atoms with Crippen LogP contribution in [0.5, 0.6) is 5.75 Å². The van der Waals surface area contributed by atoms with Gasteiger partial charge in [0.2, 0.25) is 11.8 Å². The molecule has 0 aromatic heterocycles. The van der Waals surface area contributed by atoms with Crippen LogP contribution in [0.15, 0.2) is 18.2 Å². The van der Waals surface area contributed by atoms with Crippen molar-refractivity contribution in [3.8, 4) is 5.75 Å². The van der Waals surface area contributed by atoms with Gasteiger partial charge in [-0.3, -0.25) is 9.59 Å². The molecule has 0 saturated heterocycles. The number of hydrogen-bond acceptors (Lipinski definition) is 4. The standard InChI is InChI=1S/C20H28N2O5/c1-27-17-12-16(20(25)26)8-7-15(17)10-11-21-19(24)13-22-18(23)9-6-14-4-2-3-5-14/h7-8,12,14H,2-6,9-11,13H2,1H3,(H,21,24)(H,22,23)(H,25,26). The van der Waals surface area contributed by atoms with E-state index in [1.165, 1.54) is 44.9 Å². The van der Waals surface area contributed by atoms with Gasteiger partial charge in [0.25, 0.3) is 0 Å². The summed E-state index contributed by atoms with van der Waals surface area (Å²) in [5.74, 6) is -0.207. The van der Waals surface area contributed by atoms with Crippen molar-refractivity contribution in [3.05, 3.63) is 29.3 Å². The first kappa shape index (κ1) is 20.7. The van der Waals surface area contributed by atoms with Crippen LogP contribution in [0.25, 0.3) is 0 Å². The van der Waals surface area contributed by atoms with Crippen LogP contribution in [-0.4, -0.2) is 43.1 Å². The Balaban J connectivity index is 1.66. The van der Waals surface area contributed by atoms with Crippen LogP contribution >= 0.6 is 0 Å². The number of hydrogen-bond donors (Lipinski definition) is 3. The highest BCUT2D eigenvalue weighted by atomic mass is 16.5. The monoisotopic (exact) mass is 376 g/mol. The van der Waals surface area contributed by atoms with Crippen LogP contribution in [0.2, 0.25) is 0 Å². The Bertz CT molecular complexity index is 668. The number of amides is 2. The third kappa shape index (κ3) is 6.92. The molecule has 1 fully saturated rings. The maximum atomic E-state index is 11.9. The minimum Gasteiger partial charge on any atom is -0.496 e. The molecule has 148 valence electrons. The molecule has 1 aliphatic rings. The first-order chi connectivity index (χ1) is 13.0. The van der Waals surface area contributed by atoms with Gasteiger partial charge in [-0.2, -0.15) is 0 Å². The predicted molar refractivity (Wildman–Crippen MR) is 101 cm³/mol. The fourth-order valence-electron chi connectivity index (χ4n) is 3.38. The number of carbonyl (C=O) groups excluding carboxylic acids is 2. The second-order valence-corrected chi connectivity index (χ2v) is 6.90. The summed E-state index contributed by atoms with van der Waals surface area (Å²) in [5.41, 5.74) is 0.961. The molecule has 1 aliphatic carbocycles. The van der Waals surface area contributed by atoms with E-state index in [1.807, 2.05) is 0 Å². The van der Waals surface area contributed by atoms with Gasteiger partial charge >= 0.3 is 5.97 Å². The average molecular weight is 376 g/mol. The van der Waals surface area contributed by atoms with E-state index in [9.17, 15) is 14.4 Å². The first-order valence-electron chi connectivity index (χ1n) is 9.43. The van der Waals surface area contributed by atoms with Crippen molar-refractivity contribution in [1.82, 2.24) is 10.6 Å². The van der Waals surface area contributed by atoms with Gasteiger partial charge in [-0.1, -0.05) is 31.7 Å². The first-order valence-corrected chi connectivity index (χ1v) is 9.43. The van der Waals surface area contributed by atoms with Gasteiger partial charge in [0, 0.05) is 13.0 Å². The Hall–Kier alpha value is -2.57. The van der Waals surface area contributed by atoms with Crippen molar-refractivity contribution in [2.75, 3.05) is 20.2 Å². The van der Waals surface area contributed by atoms with Crippen LogP contribution in [0.3, 0.4) is 0 Å². The van der Waals surface area contributed by atoms with E-state index in [4.69, 9.17) is 9.84 Å². The molecule has 1 aromatic rings. The molecule has 0 bridgehead atoms. The maximum absolute atomic E-state index is 11.9. The number of carboxylic acids is 1. The SMILES string of the molecule is COc1cc(C(=O)O)ccc1CCNC(=O)CNC(=O)CCC1CCCC1. The van der Waals surface area contributed by atoms with Crippen molar-refractivity contribution < 1.29 is 24.2 Å². The molecular weight excluding hydrogens is 348 g/mol. The molecule has 1 saturated carbocycles. The van der Waals surface area contributed by atoms with Gasteiger partial charge in [-0.15, -0.1) is 0 Å². The van der Waals surface area contributed by atoms with E-state index >= 15 is 0 Å². The molecule has 7 heteroatoms. The lowest BCUT2D eigenvalue weighted by Gasteiger charge is -2.11. The Labute approximate surface area is 159 Å². The zero-order chi connectivity index (χ0) is 19.6. The second kappa shape index (κ2) is 10.5. The van der Waals surface area contributed by atoms with Gasteiger partial charge < -0.3 is 20.5 Å². The second-order valence-electron chi connectivity index (χ2n) is 6.90. The lowest BCUT2D eigenvalue weighted by Crippen LogP contribution is -2.37. The summed E-state index contributed by atoms with van der Waals surface area (Å²) in [6, 6.07) is 4.65. The molecule has 0 unspecified atom stereocenters. The highest BCUT2D eigenvalue weighted by Gasteiger charge is 2.16. The summed E-state index contributed by atoms with van der Waals surface area (Å²) in [4.78, 5) is 34.7. The summed E-state index contributed by atoms with van der Waals surface area (Å²) in [6.45, 7) is 0.345. The number of carboxylic acid groups (broad SMARTS) is 1. The topological polar surface area (TPSA) is 105 Å². The highest BCUT2D eigenvalue weighted by molar-refractivity contribution is 5.88. The Morgan fingerprint density at radius 2 is 1.89 bits per heavy atom. The molecule has 0 aliphatic heterocycles. The minimum atomic E-state index is -1.02. The molecule has 3 N–H and O–H groups in total. The summed E-state index contributed by atoms with van der Waals surface area (Å²) in [5, 5.41) is 14.4. The Morgan fingerprint density at radius 1 is 1.15 bits per heavy atom. The predicted octanol–water partition coefficient (Wildman–Crippen LogP) is 2.14. The third-order valence-electron chi connectivity index (χ3n) is 4.95. The zero-order valence-electron chi connectivity index (χ0n) is 15.8. The highest BCUT2D eigenvalue weighted by Crippen LogP contribution is 2.28. The molecule has 0 atom stereocenters. The largest absolute Gasteiger partial charge is 0.496 e. The number of carbonyl (C=O) groups is 3. The normalized spacial score (nSPS) is 14.0. The number of benzene rings is 1. The van der Waals surface area contributed by atoms with Gasteiger partial charge in [-0.05, 0) is 36.5 Å². The van der Waals surface area contributed by atoms with Crippen molar-refractivity contribution in [2.45, 2.75) is 44.9 Å². The van der Waals surface area contributed by atoms with E-state index in [-0.39, 0.29) is 23.9 Å². The molecule has 27 heavy (non-hydrogen) atoms. The smallest absolute Gasteiger partial charge is 0.335 e. The van der Waals surface area contributed by atoms with Crippen molar-refractivity contribution in [1.29, 1.82) is 0 Å². The fraction of sp³-hybridized carbons (Fsp3) is 0.550. The molecule has 2 amide bonds. The summed E-state index contributed by atoms with van der Waals surface area (Å²) in [7, 11) is 1.48. The fourth-order valence-corrected chi connectivity index (χ4v) is 3.38. The van der Waals surface area contributed by atoms with Crippen molar-refractivity contribution in [2.24, 2.45) is 5.92 Å². The molecule has 1 aromatic carbocycles. The Morgan fingerprint density at radius 3 is 2.56 bits per heavy atom. The van der Waals surface area contributed by atoms with Gasteiger partial charge in [0.05, 0.1) is 19.2 Å². The van der Waals surface area contributed by atoms with Crippen LogP contribution in [0.1, 0.15) is 54.4 Å². The van der Waals surface area contributed by atoms with Crippen LogP contribution in [0, 0.1) is 5.92 Å². The van der Waals surface area contributed by atoms with Crippen molar-refractivity contribution >= 4 is 17.8 Å². The van der Waals surface area contributed by atoms with Crippen LogP contribution in [0.4, 0.5) is 0 Å². The van der Waals surface area contributed by atoms with Gasteiger partial charge in [-0.25, -0.2) is 4.79 Å². The Kier molecular flexibility index (Phi) is 8.10. The average Bonchev–Trinajstić information content (AvgIpc) is 3.18. The van der Waals surface area contributed by atoms with Gasteiger partial charge in [0.1, 0.15) is 5.75 Å². The van der Waals surface area contributed by atoms with E-state index in [1.54, 1.807) is 6.07 Å². The van der Waals surface area contributed by atoms with Crippen LogP contribution < -0.4 is 15.4 Å². The molecule has 7 nitrogen and oxygen atoms in total. The lowest BCUT2D eigenvalue weighted by atomic mass is 10.0. The van der Waals surface area contributed by atoms with Gasteiger partial charge in [0.15, 0.2) is 0 Å². The summed E-state index contributed by atoms with van der Waals surface area (Å²) >= 11 is 0. The van der Waals surface area contributed by atoms with E-state index in [2.05, 4.69) is 10.6 Å². The summed E-state index contributed by atoms with van der Waals surface area (Å²) < 4.78 is 5.21. The summed E-state index contributed by atoms with van der Waals surface area (Å²) in [6.07, 6.45) is 6.83. The van der Waals surface area contributed by atoms with Crippen molar-refractivity contribution in [3.63, 3.8) is 0 Å². The third-order valence-corrected chi connectivity index (χ3v) is 4.95. The molecule has 0 heterocycles. The van der Waals surface area contributed by atoms with E-state index < -0.39 is 5.97 Å². The maximum Gasteiger partial charge on any atom is 0.335 e. The molecular formula is C20H28N2O5. The van der Waals surface area contributed by atoms with Crippen LogP contribution in [-0.2, 0) is 16.0 Å². The molecule has 2 rings (SSSR count). The molecule has 0 spiro atoms. The number of ether oxygens (including phenoxy) is 1. The zero-order valence-corrected chi connectivity index (χ0v) is 15.8.